The smallest absolute Gasteiger partial charge is 0.272 e. The second-order valence-corrected chi connectivity index (χ2v) is 11.3. The van der Waals surface area contributed by atoms with Crippen LogP contribution in [0.2, 0.25) is 0 Å². The van der Waals surface area contributed by atoms with E-state index in [0.29, 0.717) is 17.5 Å². The van der Waals surface area contributed by atoms with Gasteiger partial charge in [0.05, 0.1) is 20.3 Å². The standard InChI is InChI=1S/C31H45N5O3/c1-23(2)13-17-35(18-14-24(3)4)31(37)28-12-11-27-30(33-28)36(16-6-15-34-19-21-39-22-20-34)29(32-27)25-7-9-26(38-5)10-8-25/h7-12,23-24H,6,13-22H2,1-5H3. The van der Waals surface area contributed by atoms with Crippen LogP contribution in [0.4, 0.5) is 0 Å². The molecule has 39 heavy (non-hydrogen) atoms. The highest BCUT2D eigenvalue weighted by Crippen LogP contribution is 2.27. The van der Waals surface area contributed by atoms with Crippen LogP contribution in [-0.2, 0) is 11.3 Å². The molecule has 8 heteroatoms. The lowest BCUT2D eigenvalue weighted by molar-refractivity contribution is 0.0370. The van der Waals surface area contributed by atoms with E-state index in [1.54, 1.807) is 7.11 Å². The first kappa shape index (κ1) is 29.0. The fraction of sp³-hybridized carbons (Fsp3) is 0.581. The van der Waals surface area contributed by atoms with Gasteiger partial charge in [-0.3, -0.25) is 9.69 Å². The summed E-state index contributed by atoms with van der Waals surface area (Å²) < 4.78 is 13.1. The average molecular weight is 536 g/mol. The van der Waals surface area contributed by atoms with Gasteiger partial charge < -0.3 is 18.9 Å². The van der Waals surface area contributed by atoms with Gasteiger partial charge >= 0.3 is 0 Å². The van der Waals surface area contributed by atoms with Crippen molar-refractivity contribution in [2.75, 3.05) is 53.0 Å². The summed E-state index contributed by atoms with van der Waals surface area (Å²) in [6.45, 7) is 15.6. The van der Waals surface area contributed by atoms with Gasteiger partial charge in [0.25, 0.3) is 5.91 Å². The van der Waals surface area contributed by atoms with Gasteiger partial charge in [-0.25, -0.2) is 9.97 Å². The fourth-order valence-electron chi connectivity index (χ4n) is 4.88. The van der Waals surface area contributed by atoms with Crippen molar-refractivity contribution in [1.82, 2.24) is 24.3 Å². The highest BCUT2D eigenvalue weighted by atomic mass is 16.5. The predicted molar refractivity (Wildman–Crippen MR) is 156 cm³/mol. The van der Waals surface area contributed by atoms with Gasteiger partial charge in [-0.2, -0.15) is 0 Å². The number of benzene rings is 1. The van der Waals surface area contributed by atoms with Crippen LogP contribution < -0.4 is 4.74 Å². The summed E-state index contributed by atoms with van der Waals surface area (Å²) in [5, 5.41) is 0. The molecule has 3 aromatic rings. The van der Waals surface area contributed by atoms with Crippen molar-refractivity contribution in [3.63, 3.8) is 0 Å². The number of carbonyl (C=O) groups excluding carboxylic acids is 1. The van der Waals surface area contributed by atoms with Crippen molar-refractivity contribution in [2.24, 2.45) is 11.8 Å². The maximum atomic E-state index is 13.7. The minimum absolute atomic E-state index is 0.00487. The summed E-state index contributed by atoms with van der Waals surface area (Å²) in [4.78, 5) is 28.0. The topological polar surface area (TPSA) is 72.7 Å². The Morgan fingerprint density at radius 3 is 2.23 bits per heavy atom. The molecule has 1 saturated heterocycles. The number of hydrogen-bond acceptors (Lipinski definition) is 6. The van der Waals surface area contributed by atoms with Crippen molar-refractivity contribution in [1.29, 1.82) is 0 Å². The van der Waals surface area contributed by atoms with Crippen LogP contribution in [0.5, 0.6) is 5.75 Å². The molecule has 1 aliphatic heterocycles. The van der Waals surface area contributed by atoms with Crippen molar-refractivity contribution in [2.45, 2.75) is 53.5 Å². The molecule has 1 aliphatic rings. The molecule has 1 aromatic carbocycles. The summed E-state index contributed by atoms with van der Waals surface area (Å²) in [7, 11) is 1.67. The molecule has 1 fully saturated rings. The van der Waals surface area contributed by atoms with E-state index >= 15 is 0 Å². The highest BCUT2D eigenvalue weighted by molar-refractivity contribution is 5.94. The molecule has 0 saturated carbocycles. The molecular weight excluding hydrogens is 490 g/mol. The van der Waals surface area contributed by atoms with Gasteiger partial charge in [0.2, 0.25) is 0 Å². The second-order valence-electron chi connectivity index (χ2n) is 11.3. The lowest BCUT2D eigenvalue weighted by atomic mass is 10.1. The summed E-state index contributed by atoms with van der Waals surface area (Å²) in [6, 6.07) is 11.8. The van der Waals surface area contributed by atoms with Crippen molar-refractivity contribution in [3.8, 4) is 17.1 Å². The van der Waals surface area contributed by atoms with E-state index in [-0.39, 0.29) is 5.91 Å². The quantitative estimate of drug-likeness (QED) is 0.293. The first-order valence-corrected chi connectivity index (χ1v) is 14.5. The van der Waals surface area contributed by atoms with Gasteiger partial charge in [0, 0.05) is 44.8 Å². The SMILES string of the molecule is COc1ccc(-c2nc3ccc(C(=O)N(CCC(C)C)CCC(C)C)nc3n2CCCN2CCOCC2)cc1. The number of morpholine rings is 1. The van der Waals surface area contributed by atoms with Gasteiger partial charge in [-0.15, -0.1) is 0 Å². The summed E-state index contributed by atoms with van der Waals surface area (Å²) in [6.07, 6.45) is 2.92. The van der Waals surface area contributed by atoms with E-state index in [1.165, 1.54) is 0 Å². The van der Waals surface area contributed by atoms with Gasteiger partial charge in [0.15, 0.2) is 5.65 Å². The third kappa shape index (κ3) is 7.79. The number of imidazole rings is 1. The highest BCUT2D eigenvalue weighted by Gasteiger charge is 2.21. The van der Waals surface area contributed by atoms with E-state index in [0.717, 1.165) is 100 Å². The minimum atomic E-state index is 0.00487. The van der Waals surface area contributed by atoms with E-state index in [9.17, 15) is 4.79 Å². The van der Waals surface area contributed by atoms with Crippen LogP contribution in [0, 0.1) is 11.8 Å². The van der Waals surface area contributed by atoms with E-state index in [1.807, 2.05) is 41.3 Å². The number of hydrogen-bond donors (Lipinski definition) is 0. The summed E-state index contributed by atoms with van der Waals surface area (Å²) >= 11 is 0. The normalized spacial score (nSPS) is 14.4. The lowest BCUT2D eigenvalue weighted by Gasteiger charge is -2.26. The molecule has 0 bridgehead atoms. The number of fused-ring (bicyclic) bond motifs is 1. The van der Waals surface area contributed by atoms with Crippen molar-refractivity contribution < 1.29 is 14.3 Å². The van der Waals surface area contributed by atoms with Crippen LogP contribution in [0.15, 0.2) is 36.4 Å². The Morgan fingerprint density at radius 2 is 1.62 bits per heavy atom. The zero-order valence-corrected chi connectivity index (χ0v) is 24.4. The Labute approximate surface area is 233 Å². The Morgan fingerprint density at radius 1 is 0.949 bits per heavy atom. The number of rotatable bonds is 13. The lowest BCUT2D eigenvalue weighted by Crippen LogP contribution is -2.37. The monoisotopic (exact) mass is 535 g/mol. The molecular formula is C31H45N5O3. The molecule has 0 unspecified atom stereocenters. The number of aryl methyl sites for hydroxylation is 1. The second kappa shape index (κ2) is 13.9. The van der Waals surface area contributed by atoms with Crippen LogP contribution in [0.3, 0.4) is 0 Å². The molecule has 8 nitrogen and oxygen atoms in total. The zero-order chi connectivity index (χ0) is 27.8. The number of carbonyl (C=O) groups is 1. The van der Waals surface area contributed by atoms with Crippen LogP contribution >= 0.6 is 0 Å². The Kier molecular flexibility index (Phi) is 10.3. The number of nitrogens with zero attached hydrogens (tertiary/aromatic N) is 5. The third-order valence-electron chi connectivity index (χ3n) is 7.36. The van der Waals surface area contributed by atoms with E-state index in [4.69, 9.17) is 19.4 Å². The fourth-order valence-corrected chi connectivity index (χ4v) is 4.88. The zero-order valence-electron chi connectivity index (χ0n) is 24.4. The van der Waals surface area contributed by atoms with Crippen molar-refractivity contribution >= 4 is 17.1 Å². The summed E-state index contributed by atoms with van der Waals surface area (Å²) in [5.41, 5.74) is 3.06. The molecule has 0 atom stereocenters. The average Bonchev–Trinajstić information content (AvgIpc) is 3.30. The van der Waals surface area contributed by atoms with E-state index < -0.39 is 0 Å². The Bertz CT molecular complexity index is 1190. The third-order valence-corrected chi connectivity index (χ3v) is 7.36. The molecule has 3 heterocycles. The van der Waals surface area contributed by atoms with Crippen LogP contribution in [0.25, 0.3) is 22.6 Å². The number of pyridine rings is 1. The number of aromatic nitrogens is 3. The molecule has 0 radical (unpaired) electrons. The minimum Gasteiger partial charge on any atom is -0.497 e. The van der Waals surface area contributed by atoms with Crippen molar-refractivity contribution in [3.05, 3.63) is 42.1 Å². The molecule has 1 amide bonds. The number of ether oxygens (including phenoxy) is 2. The molecule has 212 valence electrons. The van der Waals surface area contributed by atoms with Crippen LogP contribution in [0.1, 0.15) is 57.4 Å². The maximum absolute atomic E-state index is 13.7. The largest absolute Gasteiger partial charge is 0.497 e. The first-order chi connectivity index (χ1) is 18.9. The maximum Gasteiger partial charge on any atom is 0.272 e. The summed E-state index contributed by atoms with van der Waals surface area (Å²) in [5.74, 6) is 2.75. The van der Waals surface area contributed by atoms with Gasteiger partial charge in [-0.05, 0) is 67.5 Å². The number of amides is 1. The molecule has 0 N–H and O–H groups in total. The molecule has 4 rings (SSSR count). The molecule has 2 aromatic heterocycles. The van der Waals surface area contributed by atoms with E-state index in [2.05, 4.69) is 37.2 Å². The van der Waals surface area contributed by atoms with Gasteiger partial charge in [0.1, 0.15) is 22.8 Å². The predicted octanol–water partition coefficient (Wildman–Crippen LogP) is 5.36. The first-order valence-electron chi connectivity index (χ1n) is 14.5. The Balaban J connectivity index is 1.64. The van der Waals surface area contributed by atoms with Crippen LogP contribution in [-0.4, -0.2) is 83.3 Å². The molecule has 0 aliphatic carbocycles. The number of methoxy groups -OCH3 is 1. The molecule has 0 spiro atoms. The van der Waals surface area contributed by atoms with Gasteiger partial charge in [-0.1, -0.05) is 27.7 Å². The Hall–Kier alpha value is -2.97.